The number of hydrogen-bond acceptors (Lipinski definition) is 5. The molecule has 20 heavy (non-hydrogen) atoms. The predicted molar refractivity (Wildman–Crippen MR) is 71.4 cm³/mol. The van der Waals surface area contributed by atoms with E-state index in [0.29, 0.717) is 44.1 Å². The van der Waals surface area contributed by atoms with Crippen molar-refractivity contribution in [2.45, 2.75) is 24.9 Å². The van der Waals surface area contributed by atoms with Crippen molar-refractivity contribution in [3.05, 3.63) is 23.8 Å². The summed E-state index contributed by atoms with van der Waals surface area (Å²) >= 11 is 0. The first-order chi connectivity index (χ1) is 9.69. The molecule has 0 aliphatic carbocycles. The monoisotopic (exact) mass is 278 g/mol. The number of carbonyl (C=O) groups is 1. The molecule has 3 N–H and O–H groups in total. The summed E-state index contributed by atoms with van der Waals surface area (Å²) in [4.78, 5) is 12.2. The van der Waals surface area contributed by atoms with E-state index >= 15 is 0 Å². The molecule has 1 saturated heterocycles. The summed E-state index contributed by atoms with van der Waals surface area (Å²) < 4.78 is 16.0. The van der Waals surface area contributed by atoms with Crippen LogP contribution < -0.4 is 20.5 Å². The molecule has 0 saturated carbocycles. The van der Waals surface area contributed by atoms with Gasteiger partial charge in [0.05, 0.1) is 5.54 Å². The molecule has 0 radical (unpaired) electrons. The number of fused-ring (bicyclic) bond motifs is 1. The van der Waals surface area contributed by atoms with Crippen molar-refractivity contribution in [3.63, 3.8) is 0 Å². The zero-order valence-corrected chi connectivity index (χ0v) is 11.2. The van der Waals surface area contributed by atoms with Crippen LogP contribution in [0.4, 0.5) is 0 Å². The maximum absolute atomic E-state index is 12.2. The normalized spacial score (nSPS) is 19.6. The summed E-state index contributed by atoms with van der Waals surface area (Å²) in [6.07, 6.45) is 1.09. The van der Waals surface area contributed by atoms with E-state index in [1.165, 1.54) is 0 Å². The van der Waals surface area contributed by atoms with Gasteiger partial charge in [0.25, 0.3) is 0 Å². The summed E-state index contributed by atoms with van der Waals surface area (Å²) in [5, 5.41) is 2.88. The summed E-state index contributed by atoms with van der Waals surface area (Å²) in [6.45, 7) is 1.66. The second kappa shape index (κ2) is 5.30. The third-order valence-electron chi connectivity index (χ3n) is 3.75. The number of para-hydroxylation sites is 1. The molecule has 1 aromatic carbocycles. The average Bonchev–Trinajstić information content (AvgIpc) is 2.94. The molecule has 1 amide bonds. The number of benzene rings is 1. The summed E-state index contributed by atoms with van der Waals surface area (Å²) in [6, 6.07) is 5.62. The van der Waals surface area contributed by atoms with Crippen LogP contribution in [0.25, 0.3) is 0 Å². The number of hydrogen-bond donors (Lipinski definition) is 2. The van der Waals surface area contributed by atoms with Crippen LogP contribution >= 0.6 is 0 Å². The van der Waals surface area contributed by atoms with Gasteiger partial charge in [0.15, 0.2) is 11.5 Å². The van der Waals surface area contributed by atoms with Crippen molar-refractivity contribution in [1.82, 2.24) is 5.32 Å². The molecule has 1 fully saturated rings. The molecule has 1 aromatic rings. The Balaban J connectivity index is 1.65. The minimum Gasteiger partial charge on any atom is -0.454 e. The van der Waals surface area contributed by atoms with E-state index in [2.05, 4.69) is 5.32 Å². The number of amides is 1. The third kappa shape index (κ3) is 2.44. The number of ether oxygens (including phenoxy) is 3. The Labute approximate surface area is 117 Å². The van der Waals surface area contributed by atoms with E-state index in [-0.39, 0.29) is 12.7 Å². The molecule has 2 aliphatic heterocycles. The number of nitrogens with one attached hydrogen (secondary N) is 1. The van der Waals surface area contributed by atoms with Gasteiger partial charge in [-0.05, 0) is 18.9 Å². The first-order valence-corrected chi connectivity index (χ1v) is 6.71. The molecule has 0 unspecified atom stereocenters. The van der Waals surface area contributed by atoms with Gasteiger partial charge in [-0.25, -0.2) is 0 Å². The third-order valence-corrected chi connectivity index (χ3v) is 3.75. The van der Waals surface area contributed by atoms with Gasteiger partial charge in [0, 0.05) is 25.3 Å². The number of rotatable bonds is 3. The highest BCUT2D eigenvalue weighted by Gasteiger charge is 2.35. The van der Waals surface area contributed by atoms with E-state index in [0.717, 1.165) is 5.56 Å². The smallest absolute Gasteiger partial charge is 0.240 e. The first-order valence-electron chi connectivity index (χ1n) is 6.71. The van der Waals surface area contributed by atoms with Crippen molar-refractivity contribution < 1.29 is 19.0 Å². The predicted octanol–water partition coefficient (Wildman–Crippen LogP) is 0.539. The molecule has 6 nitrogen and oxygen atoms in total. The number of carbonyl (C=O) groups excluding carboxylic acids is 1. The molecule has 0 aromatic heterocycles. The highest BCUT2D eigenvalue weighted by Crippen LogP contribution is 2.35. The Morgan fingerprint density at radius 2 is 2.10 bits per heavy atom. The molecule has 0 bridgehead atoms. The number of nitrogens with two attached hydrogens (primary N) is 1. The average molecular weight is 278 g/mol. The topological polar surface area (TPSA) is 82.8 Å². The van der Waals surface area contributed by atoms with E-state index < -0.39 is 5.54 Å². The van der Waals surface area contributed by atoms with E-state index in [1.54, 1.807) is 0 Å². The molecule has 0 atom stereocenters. The van der Waals surface area contributed by atoms with Crippen LogP contribution in [0.5, 0.6) is 11.5 Å². The van der Waals surface area contributed by atoms with Crippen LogP contribution in [0.2, 0.25) is 0 Å². The van der Waals surface area contributed by atoms with E-state index in [1.807, 2.05) is 18.2 Å². The molecule has 0 spiro atoms. The summed E-state index contributed by atoms with van der Waals surface area (Å²) in [5.41, 5.74) is 6.20. The van der Waals surface area contributed by atoms with Gasteiger partial charge in [-0.3, -0.25) is 4.79 Å². The van der Waals surface area contributed by atoms with Crippen LogP contribution in [0, 0.1) is 0 Å². The van der Waals surface area contributed by atoms with Crippen molar-refractivity contribution in [2.24, 2.45) is 5.73 Å². The van der Waals surface area contributed by atoms with Crippen molar-refractivity contribution in [2.75, 3.05) is 20.0 Å². The molecular weight excluding hydrogens is 260 g/mol. The van der Waals surface area contributed by atoms with Crippen LogP contribution in [-0.2, 0) is 16.1 Å². The van der Waals surface area contributed by atoms with Crippen molar-refractivity contribution in [3.8, 4) is 11.5 Å². The quantitative estimate of drug-likeness (QED) is 0.843. The lowest BCUT2D eigenvalue weighted by molar-refractivity contribution is -0.129. The van der Waals surface area contributed by atoms with E-state index in [9.17, 15) is 4.79 Å². The molecule has 3 rings (SSSR count). The van der Waals surface area contributed by atoms with Crippen LogP contribution in [-0.4, -0.2) is 31.5 Å². The molecule has 108 valence electrons. The maximum Gasteiger partial charge on any atom is 0.240 e. The Kier molecular flexibility index (Phi) is 3.50. The standard InChI is InChI=1S/C14H18N2O4/c15-14(4-6-18-7-5-14)13(17)16-8-10-2-1-3-11-12(10)20-9-19-11/h1-3H,4-9,15H2,(H,16,17). The fourth-order valence-corrected chi connectivity index (χ4v) is 2.44. The van der Waals surface area contributed by atoms with Crippen LogP contribution in [0.1, 0.15) is 18.4 Å². The second-order valence-corrected chi connectivity index (χ2v) is 5.10. The fraction of sp³-hybridized carbons (Fsp3) is 0.500. The molecule has 6 heteroatoms. The van der Waals surface area contributed by atoms with Gasteiger partial charge in [0.1, 0.15) is 0 Å². The van der Waals surface area contributed by atoms with Gasteiger partial charge in [0.2, 0.25) is 12.7 Å². The minimum absolute atomic E-state index is 0.141. The van der Waals surface area contributed by atoms with Gasteiger partial charge in [-0.2, -0.15) is 0 Å². The van der Waals surface area contributed by atoms with Gasteiger partial charge in [-0.1, -0.05) is 12.1 Å². The van der Waals surface area contributed by atoms with Crippen molar-refractivity contribution in [1.29, 1.82) is 0 Å². The fourth-order valence-electron chi connectivity index (χ4n) is 2.44. The van der Waals surface area contributed by atoms with Gasteiger partial charge in [-0.15, -0.1) is 0 Å². The first kappa shape index (κ1) is 13.2. The zero-order valence-electron chi connectivity index (χ0n) is 11.2. The largest absolute Gasteiger partial charge is 0.454 e. The van der Waals surface area contributed by atoms with Gasteiger partial charge < -0.3 is 25.3 Å². The molecular formula is C14H18N2O4. The Morgan fingerprint density at radius 3 is 2.90 bits per heavy atom. The second-order valence-electron chi connectivity index (χ2n) is 5.10. The molecule has 2 heterocycles. The van der Waals surface area contributed by atoms with E-state index in [4.69, 9.17) is 19.9 Å². The van der Waals surface area contributed by atoms with Crippen LogP contribution in [0.3, 0.4) is 0 Å². The maximum atomic E-state index is 12.2. The Hall–Kier alpha value is -1.79. The van der Waals surface area contributed by atoms with Gasteiger partial charge >= 0.3 is 0 Å². The zero-order chi connectivity index (χ0) is 14.0. The Bertz CT molecular complexity index is 512. The lowest BCUT2D eigenvalue weighted by atomic mass is 9.90. The highest BCUT2D eigenvalue weighted by atomic mass is 16.7. The minimum atomic E-state index is -0.826. The lowest BCUT2D eigenvalue weighted by Crippen LogP contribution is -2.56. The SMILES string of the molecule is NC1(C(=O)NCc2cccc3c2OCO3)CCOCC1. The van der Waals surface area contributed by atoms with Crippen molar-refractivity contribution >= 4 is 5.91 Å². The summed E-state index contributed by atoms with van der Waals surface area (Å²) in [5.74, 6) is 1.27. The summed E-state index contributed by atoms with van der Waals surface area (Å²) in [7, 11) is 0. The lowest BCUT2D eigenvalue weighted by Gasteiger charge is -2.31. The van der Waals surface area contributed by atoms with Crippen LogP contribution in [0.15, 0.2) is 18.2 Å². The Morgan fingerprint density at radius 1 is 1.30 bits per heavy atom. The molecule has 2 aliphatic rings. The highest BCUT2D eigenvalue weighted by molar-refractivity contribution is 5.86.